The largest absolute Gasteiger partial charge is 0.494 e. The van der Waals surface area contributed by atoms with E-state index in [1.165, 1.54) is 23.1 Å². The highest BCUT2D eigenvalue weighted by Gasteiger charge is 2.28. The lowest BCUT2D eigenvalue weighted by molar-refractivity contribution is -0.131. The van der Waals surface area contributed by atoms with E-state index in [2.05, 4.69) is 4.98 Å². The van der Waals surface area contributed by atoms with Gasteiger partial charge in [-0.3, -0.25) is 14.5 Å². The molecule has 0 spiro atoms. The van der Waals surface area contributed by atoms with Crippen molar-refractivity contribution in [2.24, 2.45) is 0 Å². The Bertz CT molecular complexity index is 970. The summed E-state index contributed by atoms with van der Waals surface area (Å²) >= 11 is 2.98. The number of carbonyl (C=O) groups is 2. The van der Waals surface area contributed by atoms with Gasteiger partial charge < -0.3 is 9.64 Å². The van der Waals surface area contributed by atoms with Gasteiger partial charge in [-0.05, 0) is 43.3 Å². The van der Waals surface area contributed by atoms with Gasteiger partial charge in [0.15, 0.2) is 5.13 Å². The van der Waals surface area contributed by atoms with Gasteiger partial charge in [-0.15, -0.1) is 11.8 Å². The number of benzene rings is 2. The van der Waals surface area contributed by atoms with Crippen LogP contribution in [-0.2, 0) is 9.59 Å². The number of hydrogen-bond donors (Lipinski definition) is 0. The lowest BCUT2D eigenvalue weighted by Crippen LogP contribution is -2.39. The average molecular weight is 414 g/mol. The first-order valence-corrected chi connectivity index (χ1v) is 10.9. The summed E-state index contributed by atoms with van der Waals surface area (Å²) in [7, 11) is 0. The number of anilines is 2. The summed E-state index contributed by atoms with van der Waals surface area (Å²) in [6.07, 6.45) is 0. The van der Waals surface area contributed by atoms with Crippen LogP contribution in [0.4, 0.5) is 10.8 Å². The molecule has 0 radical (unpaired) electrons. The fourth-order valence-electron chi connectivity index (χ4n) is 2.95. The summed E-state index contributed by atoms with van der Waals surface area (Å²) in [5.41, 5.74) is 1.55. The van der Waals surface area contributed by atoms with Crippen molar-refractivity contribution >= 4 is 55.9 Å². The predicted octanol–water partition coefficient (Wildman–Crippen LogP) is 3.89. The van der Waals surface area contributed by atoms with Crippen LogP contribution in [0, 0.1) is 0 Å². The maximum Gasteiger partial charge on any atom is 0.253 e. The Labute approximate surface area is 171 Å². The summed E-state index contributed by atoms with van der Waals surface area (Å²) < 4.78 is 6.51. The van der Waals surface area contributed by atoms with E-state index in [0.717, 1.165) is 16.0 Å². The van der Waals surface area contributed by atoms with Gasteiger partial charge in [0, 0.05) is 0 Å². The molecule has 0 saturated carbocycles. The first-order valence-electron chi connectivity index (χ1n) is 8.92. The quantitative estimate of drug-likeness (QED) is 0.613. The number of hydrogen-bond acceptors (Lipinski definition) is 6. The summed E-state index contributed by atoms with van der Waals surface area (Å²) in [5, 5.41) is 0.592. The van der Waals surface area contributed by atoms with Gasteiger partial charge in [0.05, 0.1) is 34.1 Å². The monoisotopic (exact) mass is 413 g/mol. The molecule has 2 amide bonds. The van der Waals surface area contributed by atoms with E-state index in [4.69, 9.17) is 4.74 Å². The van der Waals surface area contributed by atoms with Crippen molar-refractivity contribution in [2.45, 2.75) is 6.92 Å². The number of rotatable bonds is 6. The molecule has 4 rings (SSSR count). The van der Waals surface area contributed by atoms with Crippen molar-refractivity contribution in [3.8, 4) is 5.75 Å². The zero-order chi connectivity index (χ0) is 19.5. The molecule has 0 bridgehead atoms. The maximum absolute atomic E-state index is 13.2. The number of ether oxygens (including phenoxy) is 1. The molecule has 28 heavy (non-hydrogen) atoms. The molecule has 144 valence electrons. The van der Waals surface area contributed by atoms with Crippen molar-refractivity contribution in [1.29, 1.82) is 0 Å². The number of nitrogens with zero attached hydrogens (tertiary/aromatic N) is 3. The van der Waals surface area contributed by atoms with Crippen molar-refractivity contribution < 1.29 is 14.3 Å². The number of thiazole rings is 1. The standard InChI is InChI=1S/C20H19N3O3S2/c1-2-26-15-9-7-14(8-10-15)23(18(24)11-22-13-27-12-19(22)25)20-21-16-5-3-4-6-17(16)28-20/h3-10H,2,11-13H2,1H3. The zero-order valence-corrected chi connectivity index (χ0v) is 17.0. The molecule has 1 fully saturated rings. The van der Waals surface area contributed by atoms with E-state index < -0.39 is 0 Å². The van der Waals surface area contributed by atoms with Crippen molar-refractivity contribution in [3.63, 3.8) is 0 Å². The van der Waals surface area contributed by atoms with Crippen LogP contribution in [0.15, 0.2) is 48.5 Å². The minimum atomic E-state index is -0.181. The molecule has 0 N–H and O–H groups in total. The van der Waals surface area contributed by atoms with Gasteiger partial charge >= 0.3 is 0 Å². The SMILES string of the molecule is CCOc1ccc(N(C(=O)CN2CSCC2=O)c2nc3ccccc3s2)cc1. The van der Waals surface area contributed by atoms with Crippen LogP contribution < -0.4 is 9.64 Å². The fraction of sp³-hybridized carbons (Fsp3) is 0.250. The minimum absolute atomic E-state index is 0.00528. The van der Waals surface area contributed by atoms with Crippen molar-refractivity contribution in [1.82, 2.24) is 9.88 Å². The second-order valence-corrected chi connectivity index (χ2v) is 8.15. The highest BCUT2D eigenvalue weighted by Crippen LogP contribution is 2.34. The highest BCUT2D eigenvalue weighted by molar-refractivity contribution is 8.00. The molecule has 0 aliphatic carbocycles. The van der Waals surface area contributed by atoms with Crippen LogP contribution in [0.5, 0.6) is 5.75 Å². The van der Waals surface area contributed by atoms with Crippen LogP contribution in [0.2, 0.25) is 0 Å². The van der Waals surface area contributed by atoms with Gasteiger partial charge in [0.25, 0.3) is 5.91 Å². The summed E-state index contributed by atoms with van der Waals surface area (Å²) in [4.78, 5) is 33.0. The Morgan fingerprint density at radius 3 is 2.68 bits per heavy atom. The third kappa shape index (κ3) is 3.83. The number of aromatic nitrogens is 1. The van der Waals surface area contributed by atoms with E-state index >= 15 is 0 Å². The Morgan fingerprint density at radius 1 is 1.21 bits per heavy atom. The summed E-state index contributed by atoms with van der Waals surface area (Å²) in [6, 6.07) is 15.1. The molecule has 3 aromatic rings. The van der Waals surface area contributed by atoms with Gasteiger partial charge in [-0.25, -0.2) is 4.98 Å². The number of thioether (sulfide) groups is 1. The molecule has 0 atom stereocenters. The number of fused-ring (bicyclic) bond motifs is 1. The lowest BCUT2D eigenvalue weighted by atomic mass is 10.2. The van der Waals surface area contributed by atoms with Gasteiger partial charge in [0.2, 0.25) is 5.91 Å². The van der Waals surface area contributed by atoms with E-state index in [9.17, 15) is 9.59 Å². The second-order valence-electron chi connectivity index (χ2n) is 6.19. The molecule has 1 aliphatic rings. The molecular formula is C20H19N3O3S2. The normalized spacial score (nSPS) is 13.9. The molecule has 2 heterocycles. The van der Waals surface area contributed by atoms with E-state index in [0.29, 0.717) is 29.1 Å². The topological polar surface area (TPSA) is 62.7 Å². The third-order valence-corrected chi connectivity index (χ3v) is 6.25. The van der Waals surface area contributed by atoms with Crippen LogP contribution in [0.25, 0.3) is 10.2 Å². The van der Waals surface area contributed by atoms with Crippen molar-refractivity contribution in [2.75, 3.05) is 29.7 Å². The van der Waals surface area contributed by atoms with Crippen molar-refractivity contribution in [3.05, 3.63) is 48.5 Å². The van der Waals surface area contributed by atoms with Crippen LogP contribution in [0.1, 0.15) is 6.92 Å². The number of amides is 2. The maximum atomic E-state index is 13.2. The first kappa shape index (κ1) is 18.8. The molecule has 0 unspecified atom stereocenters. The first-order chi connectivity index (χ1) is 13.7. The van der Waals surface area contributed by atoms with Gasteiger partial charge in [-0.1, -0.05) is 23.5 Å². The second kappa shape index (κ2) is 8.20. The Morgan fingerprint density at radius 2 is 2.00 bits per heavy atom. The highest BCUT2D eigenvalue weighted by atomic mass is 32.2. The minimum Gasteiger partial charge on any atom is -0.494 e. The predicted molar refractivity (Wildman–Crippen MR) is 113 cm³/mol. The van der Waals surface area contributed by atoms with Crippen LogP contribution in [0.3, 0.4) is 0 Å². The number of para-hydroxylation sites is 1. The van der Waals surface area contributed by atoms with E-state index in [1.807, 2.05) is 55.5 Å². The molecular weight excluding hydrogens is 394 g/mol. The number of carbonyl (C=O) groups excluding carboxylic acids is 2. The Kier molecular flexibility index (Phi) is 5.50. The third-order valence-electron chi connectivity index (χ3n) is 4.28. The zero-order valence-electron chi connectivity index (χ0n) is 15.3. The average Bonchev–Trinajstić information content (AvgIpc) is 3.29. The van der Waals surface area contributed by atoms with E-state index in [-0.39, 0.29) is 18.4 Å². The molecule has 2 aromatic carbocycles. The summed E-state index contributed by atoms with van der Waals surface area (Å²) in [6.45, 7) is 2.54. The summed E-state index contributed by atoms with van der Waals surface area (Å²) in [5.74, 6) is 1.53. The molecule has 1 saturated heterocycles. The van der Waals surface area contributed by atoms with Crippen LogP contribution >= 0.6 is 23.1 Å². The van der Waals surface area contributed by atoms with E-state index in [1.54, 1.807) is 9.80 Å². The lowest BCUT2D eigenvalue weighted by Gasteiger charge is -2.23. The molecule has 8 heteroatoms. The smallest absolute Gasteiger partial charge is 0.253 e. The van der Waals surface area contributed by atoms with Gasteiger partial charge in [-0.2, -0.15) is 0 Å². The van der Waals surface area contributed by atoms with Gasteiger partial charge in [0.1, 0.15) is 12.3 Å². The Balaban J connectivity index is 1.69. The fourth-order valence-corrected chi connectivity index (χ4v) is 4.86. The van der Waals surface area contributed by atoms with Crippen LogP contribution in [-0.4, -0.2) is 46.5 Å². The molecule has 6 nitrogen and oxygen atoms in total. The molecule has 1 aromatic heterocycles. The molecule has 1 aliphatic heterocycles. The Hall–Kier alpha value is -2.58.